The van der Waals surface area contributed by atoms with Crippen molar-refractivity contribution in [3.63, 3.8) is 0 Å². The monoisotopic (exact) mass is 348 g/mol. The van der Waals surface area contributed by atoms with Crippen molar-refractivity contribution >= 4 is 39.0 Å². The number of hydrogen-bond acceptors (Lipinski definition) is 5. The van der Waals surface area contributed by atoms with Gasteiger partial charge in [0.05, 0.1) is 21.8 Å². The zero-order valence-electron chi connectivity index (χ0n) is 12.8. The van der Waals surface area contributed by atoms with Gasteiger partial charge in [-0.25, -0.2) is 0 Å². The second-order valence-corrected chi connectivity index (χ2v) is 7.19. The van der Waals surface area contributed by atoms with Crippen LogP contribution < -0.4 is 5.32 Å². The smallest absolute Gasteiger partial charge is 0.305 e. The van der Waals surface area contributed by atoms with E-state index < -0.39 is 16.4 Å². The van der Waals surface area contributed by atoms with Gasteiger partial charge in [0.15, 0.2) is 0 Å². The largest absolute Gasteiger partial charge is 0.481 e. The van der Waals surface area contributed by atoms with Crippen LogP contribution in [0.1, 0.15) is 41.8 Å². The fourth-order valence-corrected chi connectivity index (χ4v) is 4.18. The molecule has 8 heteroatoms. The molecule has 1 fully saturated rings. The first-order valence-electron chi connectivity index (χ1n) is 7.61. The topological polar surface area (TPSA) is 110 Å². The molecule has 0 unspecified atom stereocenters. The number of carbonyl (C=O) groups is 2. The van der Waals surface area contributed by atoms with E-state index in [1.807, 2.05) is 0 Å². The number of rotatable bonds is 5. The highest BCUT2D eigenvalue weighted by atomic mass is 32.1. The summed E-state index contributed by atoms with van der Waals surface area (Å²) in [6.45, 7) is 0. The molecule has 1 saturated carbocycles. The fraction of sp³-hybridized carbons (Fsp3) is 0.375. The van der Waals surface area contributed by atoms with Gasteiger partial charge in [-0.3, -0.25) is 19.7 Å². The van der Waals surface area contributed by atoms with Crippen LogP contribution in [-0.4, -0.2) is 27.4 Å². The summed E-state index contributed by atoms with van der Waals surface area (Å²) in [6, 6.07) is 6.08. The Morgan fingerprint density at radius 3 is 2.62 bits per heavy atom. The molecule has 0 radical (unpaired) electrons. The number of non-ortho nitro benzene ring substituents is 1. The number of nitro benzene ring substituents is 1. The van der Waals surface area contributed by atoms with Crippen molar-refractivity contribution in [3.05, 3.63) is 39.3 Å². The molecule has 1 amide bonds. The molecule has 2 aromatic rings. The molecule has 0 spiro atoms. The van der Waals surface area contributed by atoms with Crippen LogP contribution in [0.25, 0.3) is 10.1 Å². The average molecular weight is 348 g/mol. The molecule has 1 aromatic carbocycles. The number of fused-ring (bicyclic) bond motifs is 1. The predicted octanol–water partition coefficient (Wildman–Crippen LogP) is 3.33. The average Bonchev–Trinajstić information content (AvgIpc) is 3.12. The summed E-state index contributed by atoms with van der Waals surface area (Å²) in [7, 11) is 0. The second kappa shape index (κ2) is 6.20. The van der Waals surface area contributed by atoms with Crippen LogP contribution in [0.3, 0.4) is 0 Å². The van der Waals surface area contributed by atoms with Crippen LogP contribution >= 0.6 is 11.3 Å². The van der Waals surface area contributed by atoms with Crippen molar-refractivity contribution in [2.75, 3.05) is 0 Å². The zero-order valence-corrected chi connectivity index (χ0v) is 13.6. The summed E-state index contributed by atoms with van der Waals surface area (Å²) in [5.74, 6) is -1.24. The van der Waals surface area contributed by atoms with Gasteiger partial charge in [-0.1, -0.05) is 12.8 Å². The summed E-state index contributed by atoms with van der Waals surface area (Å²) >= 11 is 1.24. The molecule has 24 heavy (non-hydrogen) atoms. The van der Waals surface area contributed by atoms with Gasteiger partial charge >= 0.3 is 5.97 Å². The van der Waals surface area contributed by atoms with E-state index in [2.05, 4.69) is 5.32 Å². The van der Waals surface area contributed by atoms with Crippen LogP contribution in [0.2, 0.25) is 0 Å². The number of carbonyl (C=O) groups excluding carboxylic acids is 1. The number of hydrogen-bond donors (Lipinski definition) is 2. The molecule has 7 nitrogen and oxygen atoms in total. The predicted molar refractivity (Wildman–Crippen MR) is 89.4 cm³/mol. The van der Waals surface area contributed by atoms with Crippen molar-refractivity contribution in [2.24, 2.45) is 0 Å². The van der Waals surface area contributed by atoms with E-state index in [4.69, 9.17) is 5.11 Å². The standard InChI is InChI=1S/C16H16N2O5S/c19-14(20)9-16(5-1-2-6-16)17-15(21)13-8-10-7-11(18(22)23)3-4-12(10)24-13/h3-4,7-8H,1-2,5-6,9H2,(H,17,21)(H,19,20). The minimum absolute atomic E-state index is 0.0228. The molecule has 0 saturated heterocycles. The summed E-state index contributed by atoms with van der Waals surface area (Å²) in [4.78, 5) is 34.4. The van der Waals surface area contributed by atoms with Crippen molar-refractivity contribution < 1.29 is 19.6 Å². The highest BCUT2D eigenvalue weighted by Gasteiger charge is 2.37. The number of nitrogens with one attached hydrogen (secondary N) is 1. The Hall–Kier alpha value is -2.48. The molecule has 1 aliphatic rings. The molecule has 0 atom stereocenters. The van der Waals surface area contributed by atoms with E-state index in [9.17, 15) is 19.7 Å². The van der Waals surface area contributed by atoms with Gasteiger partial charge < -0.3 is 10.4 Å². The van der Waals surface area contributed by atoms with Crippen molar-refractivity contribution in [2.45, 2.75) is 37.6 Å². The van der Waals surface area contributed by atoms with Gasteiger partial charge in [-0.05, 0) is 25.0 Å². The first kappa shape index (κ1) is 16.4. The normalized spacial score (nSPS) is 16.2. The number of benzene rings is 1. The first-order valence-corrected chi connectivity index (χ1v) is 8.42. The van der Waals surface area contributed by atoms with Crippen LogP contribution in [0.15, 0.2) is 24.3 Å². The molecule has 1 heterocycles. The maximum Gasteiger partial charge on any atom is 0.305 e. The Bertz CT molecular complexity index is 823. The minimum atomic E-state index is -0.927. The number of amides is 1. The Morgan fingerprint density at radius 2 is 2.00 bits per heavy atom. The van der Waals surface area contributed by atoms with Gasteiger partial charge in [-0.15, -0.1) is 11.3 Å². The quantitative estimate of drug-likeness (QED) is 0.636. The van der Waals surface area contributed by atoms with Crippen LogP contribution in [0.5, 0.6) is 0 Å². The van der Waals surface area contributed by atoms with Gasteiger partial charge in [0.25, 0.3) is 11.6 Å². The number of carboxylic acid groups (broad SMARTS) is 1. The number of nitrogens with zero attached hydrogens (tertiary/aromatic N) is 1. The third kappa shape index (κ3) is 3.23. The van der Waals surface area contributed by atoms with Crippen molar-refractivity contribution in [1.29, 1.82) is 0 Å². The molecular weight excluding hydrogens is 332 g/mol. The van der Waals surface area contributed by atoms with E-state index in [0.29, 0.717) is 23.1 Å². The van der Waals surface area contributed by atoms with Crippen LogP contribution in [0, 0.1) is 10.1 Å². The molecule has 1 aromatic heterocycles. The van der Waals surface area contributed by atoms with E-state index in [1.54, 1.807) is 12.1 Å². The lowest BCUT2D eigenvalue weighted by Crippen LogP contribution is -2.47. The Kier molecular flexibility index (Phi) is 4.23. The molecular formula is C16H16N2O5S. The Morgan fingerprint density at radius 1 is 1.29 bits per heavy atom. The summed E-state index contributed by atoms with van der Waals surface area (Å²) < 4.78 is 0.782. The van der Waals surface area contributed by atoms with Gasteiger partial charge in [0.1, 0.15) is 0 Å². The molecule has 3 rings (SSSR count). The lowest BCUT2D eigenvalue weighted by atomic mass is 9.93. The van der Waals surface area contributed by atoms with Crippen LogP contribution in [0.4, 0.5) is 5.69 Å². The van der Waals surface area contributed by atoms with Crippen molar-refractivity contribution in [1.82, 2.24) is 5.32 Å². The highest BCUT2D eigenvalue weighted by molar-refractivity contribution is 7.20. The first-order chi connectivity index (χ1) is 11.4. The maximum atomic E-state index is 12.5. The van der Waals surface area contributed by atoms with Gasteiger partial charge in [-0.2, -0.15) is 0 Å². The third-order valence-electron chi connectivity index (χ3n) is 4.36. The van der Waals surface area contributed by atoms with E-state index >= 15 is 0 Å². The van der Waals surface area contributed by atoms with Gasteiger partial charge in [0.2, 0.25) is 0 Å². The number of aliphatic carboxylic acids is 1. The molecule has 0 bridgehead atoms. The zero-order chi connectivity index (χ0) is 17.3. The van der Waals surface area contributed by atoms with Crippen LogP contribution in [-0.2, 0) is 4.79 Å². The van der Waals surface area contributed by atoms with Gasteiger partial charge in [0, 0.05) is 22.2 Å². The number of carboxylic acids is 1. The number of nitro groups is 1. The van der Waals surface area contributed by atoms with Crippen molar-refractivity contribution in [3.8, 4) is 0 Å². The highest BCUT2D eigenvalue weighted by Crippen LogP contribution is 2.34. The number of thiophene rings is 1. The Labute approximate surface area is 141 Å². The maximum absolute atomic E-state index is 12.5. The molecule has 1 aliphatic carbocycles. The fourth-order valence-electron chi connectivity index (χ4n) is 3.25. The lowest BCUT2D eigenvalue weighted by molar-refractivity contribution is -0.384. The lowest BCUT2D eigenvalue weighted by Gasteiger charge is -2.28. The van der Waals surface area contributed by atoms with E-state index in [0.717, 1.165) is 17.5 Å². The molecule has 2 N–H and O–H groups in total. The summed E-state index contributed by atoms with van der Waals surface area (Å²) in [5.41, 5.74) is -0.712. The van der Waals surface area contributed by atoms with E-state index in [-0.39, 0.29) is 18.0 Å². The second-order valence-electron chi connectivity index (χ2n) is 6.10. The SMILES string of the molecule is O=C(O)CC1(NC(=O)c2cc3cc([N+](=O)[O-])ccc3s2)CCCC1. The third-order valence-corrected chi connectivity index (χ3v) is 5.48. The minimum Gasteiger partial charge on any atom is -0.481 e. The summed E-state index contributed by atoms with van der Waals surface area (Å²) in [5, 5.41) is 23.5. The molecule has 126 valence electrons. The summed E-state index contributed by atoms with van der Waals surface area (Å²) in [6.07, 6.45) is 3.01. The van der Waals surface area contributed by atoms with E-state index in [1.165, 1.54) is 23.5 Å². The molecule has 0 aliphatic heterocycles. The Balaban J connectivity index is 1.85.